The van der Waals surface area contributed by atoms with Crippen LogP contribution in [0.15, 0.2) is 53.4 Å². The van der Waals surface area contributed by atoms with Crippen molar-refractivity contribution in [2.75, 3.05) is 13.4 Å². The molecule has 0 bridgehead atoms. The maximum absolute atomic E-state index is 15.4. The molecule has 0 heterocycles. The van der Waals surface area contributed by atoms with Gasteiger partial charge >= 0.3 is 6.16 Å². The second kappa shape index (κ2) is 19.2. The Bertz CT molecular complexity index is 2530. The Morgan fingerprint density at radius 2 is 0.712 bits per heavy atom. The first-order chi connectivity index (χ1) is 30.8. The van der Waals surface area contributed by atoms with E-state index in [2.05, 4.69) is 42.2 Å². The van der Waals surface area contributed by atoms with E-state index in [1.807, 2.05) is 12.1 Å². The van der Waals surface area contributed by atoms with Crippen LogP contribution >= 0.6 is 0 Å². The normalized spacial score (nSPS) is 11.9. The molecule has 0 N–H and O–H groups in total. The van der Waals surface area contributed by atoms with Gasteiger partial charge in [0.15, 0.2) is 74.7 Å². The van der Waals surface area contributed by atoms with Gasteiger partial charge in [0.1, 0.15) is 70.4 Å². The predicted molar refractivity (Wildman–Crippen MR) is 195 cm³/mol. The van der Waals surface area contributed by atoms with Gasteiger partial charge in [-0.25, -0.2) is 92.6 Å². The average Bonchev–Trinajstić information content (AvgIpc) is 3.30. The average molecular weight is 982 g/mol. The summed E-state index contributed by atoms with van der Waals surface area (Å²) in [6.07, 6.45) is -5.69. The number of methoxy groups -OCH3 is 1. The highest BCUT2D eigenvalue weighted by molar-refractivity contribution is 7.95. The Balaban J connectivity index is 0.000000324. The van der Waals surface area contributed by atoms with Crippen LogP contribution in [0.1, 0.15) is 11.1 Å². The summed E-state index contributed by atoms with van der Waals surface area (Å²) in [5, 5.41) is 0. The van der Waals surface area contributed by atoms with Crippen LogP contribution in [0.2, 0.25) is 0 Å². The van der Waals surface area contributed by atoms with E-state index in [0.717, 1.165) is 5.75 Å². The van der Waals surface area contributed by atoms with Gasteiger partial charge in [0.05, 0.1) is 7.11 Å². The largest absolute Gasteiger partial charge is 0.513 e. The highest BCUT2D eigenvalue weighted by atomic mass is 32.2. The first kappa shape index (κ1) is 50.6. The van der Waals surface area contributed by atoms with E-state index < -0.39 is 150 Å². The van der Waals surface area contributed by atoms with Crippen molar-refractivity contribution < 1.29 is 102 Å². The monoisotopic (exact) mass is 982 g/mol. The van der Waals surface area contributed by atoms with Crippen LogP contribution in [0.25, 0.3) is 0 Å². The van der Waals surface area contributed by atoms with Crippen LogP contribution < -0.4 is 26.6 Å². The van der Waals surface area contributed by atoms with Crippen LogP contribution in [-0.4, -0.2) is 25.7 Å². The number of carbonyl (C=O) groups excluding carboxylic acids is 1. The third-order valence-electron chi connectivity index (χ3n) is 9.93. The van der Waals surface area contributed by atoms with E-state index >= 15 is 35.1 Å². The van der Waals surface area contributed by atoms with E-state index in [4.69, 9.17) is 4.74 Å². The van der Waals surface area contributed by atoms with Crippen LogP contribution in [0, 0.1) is 123 Å². The molecule has 25 heteroatoms. The third kappa shape index (κ3) is 8.36. The van der Waals surface area contributed by atoms with Crippen molar-refractivity contribution in [1.82, 2.24) is 0 Å². The number of hydrogen-bond donors (Lipinski definition) is 0. The van der Waals surface area contributed by atoms with Gasteiger partial charge in [0.25, 0.3) is 0 Å². The summed E-state index contributed by atoms with van der Waals surface area (Å²) in [7, 11) is 1.40. The number of rotatable bonds is 8. The first-order valence-electron chi connectivity index (χ1n) is 17.6. The molecule has 0 aliphatic rings. The first-order valence-corrected chi connectivity index (χ1v) is 19.4. The molecule has 0 radical (unpaired) electrons. The van der Waals surface area contributed by atoms with Gasteiger partial charge in [0.2, 0.25) is 0 Å². The molecule has 0 aliphatic heterocycles. The summed E-state index contributed by atoms with van der Waals surface area (Å²) >= 11 is 0. The van der Waals surface area contributed by atoms with E-state index in [1.165, 1.54) is 23.1 Å². The Morgan fingerprint density at radius 3 is 0.985 bits per heavy atom. The second-order valence-corrected chi connectivity index (χ2v) is 15.6. The number of carbonyl (C=O) groups is 1. The van der Waals surface area contributed by atoms with E-state index in [9.17, 15) is 57.5 Å². The van der Waals surface area contributed by atoms with Gasteiger partial charge in [-0.05, 0) is 36.8 Å². The molecule has 0 aliphatic carbocycles. The Kier molecular flexibility index (Phi) is 14.7. The smallest absolute Gasteiger partial charge is 0.437 e. The second-order valence-electron chi connectivity index (χ2n) is 13.5. The van der Waals surface area contributed by atoms with Crippen molar-refractivity contribution in [3.63, 3.8) is 0 Å². The van der Waals surface area contributed by atoms with Crippen molar-refractivity contribution in [1.29, 1.82) is 0 Å². The highest BCUT2D eigenvalue weighted by Crippen LogP contribution is 2.31. The topological polar surface area (TPSA) is 35.5 Å². The van der Waals surface area contributed by atoms with Crippen molar-refractivity contribution >= 4 is 45.0 Å². The fourth-order valence-corrected chi connectivity index (χ4v) is 8.40. The third-order valence-corrected chi connectivity index (χ3v) is 11.8. The van der Waals surface area contributed by atoms with Crippen molar-refractivity contribution in [2.24, 2.45) is 0 Å². The molecule has 0 saturated heterocycles. The van der Waals surface area contributed by atoms with Gasteiger partial charge in [-0.1, -0.05) is 24.3 Å². The number of benzene rings is 6. The van der Waals surface area contributed by atoms with Crippen LogP contribution in [0.5, 0.6) is 5.75 Å². The molecule has 66 heavy (non-hydrogen) atoms. The fraction of sp³-hybridized carbons (Fsp3) is 0.0976. The molecule has 0 spiro atoms. The summed E-state index contributed by atoms with van der Waals surface area (Å²) in [5.41, 5.74) is -11.6. The molecule has 0 aromatic heterocycles. The summed E-state index contributed by atoms with van der Waals surface area (Å²) in [5.74, 6) is -69.9. The van der Waals surface area contributed by atoms with Gasteiger partial charge in [-0.3, -0.25) is 0 Å². The van der Waals surface area contributed by atoms with Crippen molar-refractivity contribution in [3.05, 3.63) is 176 Å². The van der Waals surface area contributed by atoms with Crippen LogP contribution in [0.3, 0.4) is 0 Å². The predicted octanol–water partition coefficient (Wildman–Crippen LogP) is 9.79. The molecule has 0 amide bonds. The Hall–Kier alpha value is -6.40. The lowest BCUT2D eigenvalue weighted by atomic mass is 9.12. The summed E-state index contributed by atoms with van der Waals surface area (Å²) in [6.45, 7) is 2.14. The number of aryl methyl sites for hydroxylation is 1. The molecule has 0 fully saturated rings. The molecule has 6 aromatic rings. The Morgan fingerprint density at radius 1 is 0.439 bits per heavy atom. The standard InChI is InChI=1S/C24BF20.C17H19O3S/c26-5-1(6(27)14(35)21(42)13(5)34)25(2-7(28)15(36)22(43)16(37)8(2)29,3-9(30)17(38)23(44)18(39)10(3)31)4-11(32)19(40)24(45)20(41)12(4)33;1-13-6-4-5-7-14(13)12-21(3)16-10-8-15(9-11-16)20-17(18)19-2/h;4-11H,12H2,1-3H3/q-1;+1. The zero-order valence-electron chi connectivity index (χ0n) is 32.6. The molecule has 1 atom stereocenters. The van der Waals surface area contributed by atoms with Gasteiger partial charge < -0.3 is 9.47 Å². The molecule has 6 rings (SSSR count). The minimum Gasteiger partial charge on any atom is -0.437 e. The number of ether oxygens (including phenoxy) is 2. The highest BCUT2D eigenvalue weighted by Gasteiger charge is 2.52. The van der Waals surface area contributed by atoms with Gasteiger partial charge in [-0.2, -0.15) is 0 Å². The molecule has 0 saturated carbocycles. The van der Waals surface area contributed by atoms with Gasteiger partial charge in [0, 0.05) is 16.5 Å². The fourth-order valence-electron chi connectivity index (χ4n) is 6.84. The van der Waals surface area contributed by atoms with E-state index in [0.29, 0.717) is 5.75 Å². The number of hydrogen-bond acceptors (Lipinski definition) is 3. The van der Waals surface area contributed by atoms with Crippen LogP contribution in [-0.2, 0) is 21.4 Å². The molecule has 1 unspecified atom stereocenters. The molecule has 3 nitrogen and oxygen atoms in total. The summed E-state index contributed by atoms with van der Waals surface area (Å²) in [6, 6.07) is 16.0. The number of halogens is 20. The zero-order valence-corrected chi connectivity index (χ0v) is 33.4. The SMILES string of the molecule is COC(=O)Oc1ccc([S+](C)Cc2ccccc2C)cc1.Fc1c(F)c(F)c([B-](c2c(F)c(F)c(F)c(F)c2F)(c2c(F)c(F)c(F)c(F)c2F)c2c(F)c(F)c(F)c(F)c2F)c(F)c1F. The summed E-state index contributed by atoms with van der Waals surface area (Å²) < 4.78 is 303. The van der Waals surface area contributed by atoms with Gasteiger partial charge in [-0.15, -0.1) is 21.9 Å². The van der Waals surface area contributed by atoms with Crippen molar-refractivity contribution in [2.45, 2.75) is 17.6 Å². The molecule has 350 valence electrons. The minimum absolute atomic E-state index is 0.111. The minimum atomic E-state index is -7.22. The van der Waals surface area contributed by atoms with Crippen molar-refractivity contribution in [3.8, 4) is 5.75 Å². The lowest BCUT2D eigenvalue weighted by Crippen LogP contribution is -2.81. The molecular weight excluding hydrogens is 963 g/mol. The van der Waals surface area contributed by atoms with E-state index in [1.54, 1.807) is 12.1 Å². The van der Waals surface area contributed by atoms with Crippen LogP contribution in [0.4, 0.5) is 92.6 Å². The zero-order chi connectivity index (χ0) is 49.6. The molecular formula is C41H19BF20O3S. The lowest BCUT2D eigenvalue weighted by molar-refractivity contribution is 0.121. The maximum atomic E-state index is 15.4. The molecule has 6 aromatic carbocycles. The Labute approximate surface area is 359 Å². The lowest BCUT2D eigenvalue weighted by Gasteiger charge is -2.44. The quantitative estimate of drug-likeness (QED) is 0.0290. The summed E-state index contributed by atoms with van der Waals surface area (Å²) in [4.78, 5) is 12.3. The van der Waals surface area contributed by atoms with E-state index in [-0.39, 0.29) is 10.9 Å². The maximum Gasteiger partial charge on any atom is 0.513 e.